The molecule has 4 rings (SSSR count). The maximum Gasteiger partial charge on any atom is 0.320 e. The van der Waals surface area contributed by atoms with E-state index in [1.54, 1.807) is 18.2 Å². The minimum Gasteiger partial charge on any atom is -0.507 e. The van der Waals surface area contributed by atoms with Gasteiger partial charge in [-0.2, -0.15) is 0 Å². The van der Waals surface area contributed by atoms with Gasteiger partial charge >= 0.3 is 5.97 Å². The number of para-hydroxylation sites is 2. The highest BCUT2D eigenvalue weighted by Crippen LogP contribution is 2.31. The first-order valence-corrected chi connectivity index (χ1v) is 8.77. The Balaban J connectivity index is 1.74. The Bertz CT molecular complexity index is 1010. The molecule has 0 saturated carbocycles. The molecule has 7 nitrogen and oxygen atoms in total. The highest BCUT2D eigenvalue weighted by Gasteiger charge is 2.34. The van der Waals surface area contributed by atoms with Gasteiger partial charge in [-0.15, -0.1) is 0 Å². The summed E-state index contributed by atoms with van der Waals surface area (Å²) in [5.41, 5.74) is 1.31. The number of carboxylic acid groups (broad SMARTS) is 1. The van der Waals surface area contributed by atoms with Gasteiger partial charge in [0.2, 0.25) is 0 Å². The Morgan fingerprint density at radius 1 is 1.15 bits per heavy atom. The third kappa shape index (κ3) is 3.29. The van der Waals surface area contributed by atoms with Crippen molar-refractivity contribution in [2.45, 2.75) is 18.5 Å². The van der Waals surface area contributed by atoms with E-state index in [1.165, 1.54) is 0 Å². The number of rotatable bonds is 4. The average molecular weight is 364 g/mol. The van der Waals surface area contributed by atoms with Crippen LogP contribution >= 0.6 is 0 Å². The van der Waals surface area contributed by atoms with Crippen LogP contribution in [-0.2, 0) is 4.79 Å². The molecule has 0 spiro atoms. The standard InChI is InChI=1S/C20H20N4O3/c1-24-11-12(10-16(24)20(26)27)21-18-13-6-2-4-8-15(13)22-19(23-18)14-7-3-5-9-17(14)25/h2-9,12,16,25H,10-11H2,1H3,(H,26,27)(H,21,22,23)/t12-,16+/m1/s1. The highest BCUT2D eigenvalue weighted by atomic mass is 16.4. The Morgan fingerprint density at radius 3 is 2.63 bits per heavy atom. The lowest BCUT2D eigenvalue weighted by Crippen LogP contribution is -2.32. The van der Waals surface area contributed by atoms with E-state index in [4.69, 9.17) is 0 Å². The number of nitrogens with zero attached hydrogens (tertiary/aromatic N) is 3. The molecular formula is C20H20N4O3. The molecule has 1 aliphatic heterocycles. The van der Waals surface area contributed by atoms with Crippen LogP contribution in [0.3, 0.4) is 0 Å². The molecule has 0 aliphatic carbocycles. The van der Waals surface area contributed by atoms with E-state index in [2.05, 4.69) is 15.3 Å². The van der Waals surface area contributed by atoms with Gasteiger partial charge in [-0.3, -0.25) is 9.69 Å². The Morgan fingerprint density at radius 2 is 1.89 bits per heavy atom. The number of hydrogen-bond donors (Lipinski definition) is 3. The molecule has 2 aromatic carbocycles. The van der Waals surface area contributed by atoms with Crippen LogP contribution in [0.1, 0.15) is 6.42 Å². The van der Waals surface area contributed by atoms with Crippen molar-refractivity contribution >= 4 is 22.7 Å². The zero-order valence-corrected chi connectivity index (χ0v) is 14.8. The van der Waals surface area contributed by atoms with E-state index >= 15 is 0 Å². The fraction of sp³-hybridized carbons (Fsp3) is 0.250. The van der Waals surface area contributed by atoms with Gasteiger partial charge < -0.3 is 15.5 Å². The number of fused-ring (bicyclic) bond motifs is 1. The third-order valence-electron chi connectivity index (χ3n) is 4.92. The van der Waals surface area contributed by atoms with Crippen molar-refractivity contribution in [3.8, 4) is 17.1 Å². The van der Waals surface area contributed by atoms with Crippen LogP contribution in [0.4, 0.5) is 5.82 Å². The van der Waals surface area contributed by atoms with Crippen LogP contribution in [-0.4, -0.2) is 56.7 Å². The van der Waals surface area contributed by atoms with Crippen molar-refractivity contribution < 1.29 is 15.0 Å². The second kappa shape index (κ2) is 6.85. The summed E-state index contributed by atoms with van der Waals surface area (Å²) in [4.78, 5) is 22.4. The van der Waals surface area contributed by atoms with Crippen LogP contribution in [0, 0.1) is 0 Å². The van der Waals surface area contributed by atoms with Gasteiger partial charge in [0, 0.05) is 18.0 Å². The number of nitrogens with one attached hydrogen (secondary N) is 1. The number of aromatic nitrogens is 2. The molecule has 2 atom stereocenters. The van der Waals surface area contributed by atoms with Crippen molar-refractivity contribution in [1.82, 2.24) is 14.9 Å². The van der Waals surface area contributed by atoms with Gasteiger partial charge in [0.05, 0.1) is 11.1 Å². The Labute approximate surface area is 156 Å². The van der Waals surface area contributed by atoms with Gasteiger partial charge in [-0.05, 0) is 37.7 Å². The largest absolute Gasteiger partial charge is 0.507 e. The minimum absolute atomic E-state index is 0.0355. The molecule has 3 N–H and O–H groups in total. The molecule has 1 aliphatic rings. The lowest BCUT2D eigenvalue weighted by atomic mass is 10.1. The van der Waals surface area contributed by atoms with Gasteiger partial charge in [-0.25, -0.2) is 9.97 Å². The molecule has 138 valence electrons. The van der Waals surface area contributed by atoms with E-state index in [0.29, 0.717) is 30.2 Å². The molecule has 1 aromatic heterocycles. The van der Waals surface area contributed by atoms with Crippen molar-refractivity contribution in [3.63, 3.8) is 0 Å². The molecule has 7 heteroatoms. The molecule has 27 heavy (non-hydrogen) atoms. The number of anilines is 1. The monoisotopic (exact) mass is 364 g/mol. The van der Waals surface area contributed by atoms with E-state index in [9.17, 15) is 15.0 Å². The fourth-order valence-electron chi connectivity index (χ4n) is 3.56. The van der Waals surface area contributed by atoms with Crippen LogP contribution in [0.25, 0.3) is 22.3 Å². The number of carboxylic acids is 1. The topological polar surface area (TPSA) is 98.6 Å². The predicted molar refractivity (Wildman–Crippen MR) is 103 cm³/mol. The number of aromatic hydroxyl groups is 1. The molecule has 1 fully saturated rings. The summed E-state index contributed by atoms with van der Waals surface area (Å²) < 4.78 is 0. The second-order valence-electron chi connectivity index (χ2n) is 6.80. The van der Waals surface area contributed by atoms with Crippen LogP contribution < -0.4 is 5.32 Å². The van der Waals surface area contributed by atoms with Crippen molar-refractivity contribution in [2.24, 2.45) is 0 Å². The summed E-state index contributed by atoms with van der Waals surface area (Å²) >= 11 is 0. The lowest BCUT2D eigenvalue weighted by Gasteiger charge is -2.16. The summed E-state index contributed by atoms with van der Waals surface area (Å²) in [6, 6.07) is 14.0. The van der Waals surface area contributed by atoms with E-state index < -0.39 is 12.0 Å². The number of likely N-dealkylation sites (tertiary alicyclic amines) is 1. The van der Waals surface area contributed by atoms with Crippen LogP contribution in [0.2, 0.25) is 0 Å². The number of phenolic OH excluding ortho intramolecular Hbond substituents is 1. The zero-order chi connectivity index (χ0) is 19.0. The quantitative estimate of drug-likeness (QED) is 0.654. The molecule has 0 bridgehead atoms. The highest BCUT2D eigenvalue weighted by molar-refractivity contribution is 5.91. The summed E-state index contributed by atoms with van der Waals surface area (Å²) in [5.74, 6) is 0.369. The second-order valence-corrected chi connectivity index (χ2v) is 6.80. The maximum absolute atomic E-state index is 11.4. The minimum atomic E-state index is -0.816. The number of hydrogen-bond acceptors (Lipinski definition) is 6. The normalized spacial score (nSPS) is 20.0. The summed E-state index contributed by atoms with van der Waals surface area (Å²) in [7, 11) is 1.81. The summed E-state index contributed by atoms with van der Waals surface area (Å²) in [6.07, 6.45) is 0.496. The molecule has 1 saturated heterocycles. The maximum atomic E-state index is 11.4. The van der Waals surface area contributed by atoms with Crippen LogP contribution in [0.5, 0.6) is 5.75 Å². The Kier molecular flexibility index (Phi) is 4.37. The first-order valence-electron chi connectivity index (χ1n) is 8.77. The lowest BCUT2D eigenvalue weighted by molar-refractivity contribution is -0.141. The number of likely N-dealkylation sites (N-methyl/N-ethyl adjacent to an activating group) is 1. The van der Waals surface area contributed by atoms with E-state index in [-0.39, 0.29) is 11.8 Å². The number of aliphatic carboxylic acids is 1. The van der Waals surface area contributed by atoms with Gasteiger partial charge in [0.25, 0.3) is 0 Å². The molecule has 0 unspecified atom stereocenters. The number of phenols is 1. The van der Waals surface area contributed by atoms with Crippen LogP contribution in [0.15, 0.2) is 48.5 Å². The smallest absolute Gasteiger partial charge is 0.320 e. The molecule has 2 heterocycles. The molecule has 0 radical (unpaired) electrons. The van der Waals surface area contributed by atoms with E-state index in [0.717, 1.165) is 10.9 Å². The average Bonchev–Trinajstić information content (AvgIpc) is 3.02. The fourth-order valence-corrected chi connectivity index (χ4v) is 3.56. The molecular weight excluding hydrogens is 344 g/mol. The van der Waals surface area contributed by atoms with Gasteiger partial charge in [-0.1, -0.05) is 24.3 Å². The van der Waals surface area contributed by atoms with Gasteiger partial charge in [0.1, 0.15) is 17.6 Å². The first kappa shape index (κ1) is 17.2. The predicted octanol–water partition coefficient (Wildman–Crippen LogP) is 2.57. The van der Waals surface area contributed by atoms with Crippen molar-refractivity contribution in [3.05, 3.63) is 48.5 Å². The zero-order valence-electron chi connectivity index (χ0n) is 14.8. The number of benzene rings is 2. The summed E-state index contributed by atoms with van der Waals surface area (Å²) in [6.45, 7) is 0.612. The third-order valence-corrected chi connectivity index (χ3v) is 4.92. The number of carbonyl (C=O) groups is 1. The molecule has 3 aromatic rings. The van der Waals surface area contributed by atoms with E-state index in [1.807, 2.05) is 42.3 Å². The molecule has 0 amide bonds. The van der Waals surface area contributed by atoms with Crippen molar-refractivity contribution in [2.75, 3.05) is 18.9 Å². The van der Waals surface area contributed by atoms with Gasteiger partial charge in [0.15, 0.2) is 5.82 Å². The first-order chi connectivity index (χ1) is 13.0. The Hall–Kier alpha value is -3.19. The summed E-state index contributed by atoms with van der Waals surface area (Å²) in [5, 5.41) is 23.8. The SMILES string of the molecule is CN1C[C@H](Nc2nc(-c3ccccc3O)nc3ccccc23)C[C@H]1C(=O)O. The van der Waals surface area contributed by atoms with Crippen molar-refractivity contribution in [1.29, 1.82) is 0 Å².